The molecule has 0 spiro atoms. The van der Waals surface area contributed by atoms with Gasteiger partial charge in [0, 0.05) is 16.8 Å². The number of aromatic nitrogens is 1. The van der Waals surface area contributed by atoms with Crippen LogP contribution in [0.3, 0.4) is 0 Å². The maximum Gasteiger partial charge on any atom is 0.232 e. The van der Waals surface area contributed by atoms with Gasteiger partial charge in [-0.25, -0.2) is 0 Å². The van der Waals surface area contributed by atoms with Gasteiger partial charge >= 0.3 is 0 Å². The summed E-state index contributed by atoms with van der Waals surface area (Å²) >= 11 is 0. The molecule has 0 aliphatic carbocycles. The Bertz CT molecular complexity index is 819. The molecule has 0 aliphatic rings. The van der Waals surface area contributed by atoms with Gasteiger partial charge < -0.3 is 9.84 Å². The fraction of sp³-hybridized carbons (Fsp3) is 0.286. The van der Waals surface area contributed by atoms with Crippen LogP contribution in [0.1, 0.15) is 30.7 Å². The van der Waals surface area contributed by atoms with E-state index in [-0.39, 0.29) is 0 Å². The highest BCUT2D eigenvalue weighted by Crippen LogP contribution is 2.33. The van der Waals surface area contributed by atoms with Gasteiger partial charge in [-0.3, -0.25) is 0 Å². The summed E-state index contributed by atoms with van der Waals surface area (Å²) in [5, 5.41) is 7.49. The Kier molecular flexibility index (Phi) is 4.70. The predicted molar refractivity (Wildman–Crippen MR) is 99.7 cm³/mol. The van der Waals surface area contributed by atoms with Crippen molar-refractivity contribution in [2.45, 2.75) is 34.1 Å². The number of anilines is 2. The molecule has 3 nitrogen and oxygen atoms in total. The SMILES string of the molecule is Cc1noc(Nc2cc(CC(C)C)ccc2-c2ccccc2)c1C. The van der Waals surface area contributed by atoms with Gasteiger partial charge in [0.25, 0.3) is 0 Å². The summed E-state index contributed by atoms with van der Waals surface area (Å²) in [5.74, 6) is 1.33. The molecule has 0 unspecified atom stereocenters. The Morgan fingerprint density at radius 2 is 1.79 bits per heavy atom. The van der Waals surface area contributed by atoms with E-state index in [0.29, 0.717) is 11.8 Å². The summed E-state index contributed by atoms with van der Waals surface area (Å²) in [6.45, 7) is 8.45. The van der Waals surface area contributed by atoms with Crippen LogP contribution >= 0.6 is 0 Å². The van der Waals surface area contributed by atoms with Crippen molar-refractivity contribution in [2.24, 2.45) is 5.92 Å². The zero-order chi connectivity index (χ0) is 17.1. The maximum atomic E-state index is 5.45. The second-order valence-corrected chi connectivity index (χ2v) is 6.69. The van der Waals surface area contributed by atoms with Crippen molar-refractivity contribution < 1.29 is 4.52 Å². The summed E-state index contributed by atoms with van der Waals surface area (Å²) in [4.78, 5) is 0. The van der Waals surface area contributed by atoms with Gasteiger partial charge in [-0.1, -0.05) is 61.5 Å². The van der Waals surface area contributed by atoms with E-state index in [1.165, 1.54) is 11.1 Å². The molecule has 0 saturated carbocycles. The first kappa shape index (κ1) is 16.3. The van der Waals surface area contributed by atoms with E-state index in [1.54, 1.807) is 0 Å². The Morgan fingerprint density at radius 1 is 1.04 bits per heavy atom. The second-order valence-electron chi connectivity index (χ2n) is 6.69. The molecule has 0 radical (unpaired) electrons. The van der Waals surface area contributed by atoms with Crippen LogP contribution in [0.5, 0.6) is 0 Å². The lowest BCUT2D eigenvalue weighted by Gasteiger charge is -2.14. The van der Waals surface area contributed by atoms with Crippen molar-refractivity contribution in [1.82, 2.24) is 5.16 Å². The van der Waals surface area contributed by atoms with E-state index in [4.69, 9.17) is 4.52 Å². The molecule has 0 atom stereocenters. The Morgan fingerprint density at radius 3 is 2.42 bits per heavy atom. The maximum absolute atomic E-state index is 5.45. The van der Waals surface area contributed by atoms with Gasteiger partial charge in [0.2, 0.25) is 5.88 Å². The lowest BCUT2D eigenvalue weighted by atomic mass is 9.97. The number of nitrogens with zero attached hydrogens (tertiary/aromatic N) is 1. The molecule has 1 N–H and O–H groups in total. The summed E-state index contributed by atoms with van der Waals surface area (Å²) in [5.41, 5.74) is 6.68. The van der Waals surface area contributed by atoms with Gasteiger partial charge in [0.1, 0.15) is 0 Å². The molecule has 0 aliphatic heterocycles. The smallest absolute Gasteiger partial charge is 0.232 e. The molecule has 0 fully saturated rings. The normalized spacial score (nSPS) is 11.0. The topological polar surface area (TPSA) is 38.1 Å². The minimum Gasteiger partial charge on any atom is -0.338 e. The Labute approximate surface area is 143 Å². The number of hydrogen-bond donors (Lipinski definition) is 1. The number of aryl methyl sites for hydroxylation is 1. The number of nitrogens with one attached hydrogen (secondary N) is 1. The highest BCUT2D eigenvalue weighted by molar-refractivity contribution is 5.81. The standard InChI is InChI=1S/C21H24N2O/c1-14(2)12-17-10-11-19(18-8-6-5-7-9-18)20(13-17)22-21-15(3)16(4)23-24-21/h5-11,13-14,22H,12H2,1-4H3. The van der Waals surface area contributed by atoms with Crippen molar-refractivity contribution in [1.29, 1.82) is 0 Å². The fourth-order valence-corrected chi connectivity index (χ4v) is 2.82. The summed E-state index contributed by atoms with van der Waals surface area (Å²) in [6.07, 6.45) is 1.05. The predicted octanol–water partition coefficient (Wildman–Crippen LogP) is 5.90. The largest absolute Gasteiger partial charge is 0.338 e. The molecular weight excluding hydrogens is 296 g/mol. The third kappa shape index (κ3) is 3.51. The van der Waals surface area contributed by atoms with E-state index in [2.05, 4.69) is 66.8 Å². The van der Waals surface area contributed by atoms with Crippen LogP contribution in [0.2, 0.25) is 0 Å². The second kappa shape index (κ2) is 6.91. The van der Waals surface area contributed by atoms with E-state index < -0.39 is 0 Å². The van der Waals surface area contributed by atoms with Crippen molar-refractivity contribution in [3.63, 3.8) is 0 Å². The van der Waals surface area contributed by atoms with Gasteiger partial charge in [0.15, 0.2) is 0 Å². The van der Waals surface area contributed by atoms with E-state index in [9.17, 15) is 0 Å². The number of benzene rings is 2. The van der Waals surface area contributed by atoms with Crippen LogP contribution < -0.4 is 5.32 Å². The van der Waals surface area contributed by atoms with Gasteiger partial charge in [-0.05, 0) is 43.4 Å². The van der Waals surface area contributed by atoms with Crippen molar-refractivity contribution in [2.75, 3.05) is 5.32 Å². The molecule has 3 heteroatoms. The zero-order valence-electron chi connectivity index (χ0n) is 14.8. The van der Waals surface area contributed by atoms with Gasteiger partial charge in [0.05, 0.1) is 5.69 Å². The van der Waals surface area contributed by atoms with Crippen LogP contribution in [0, 0.1) is 19.8 Å². The molecule has 0 saturated heterocycles. The van der Waals surface area contributed by atoms with Crippen LogP contribution in [0.25, 0.3) is 11.1 Å². The molecule has 3 aromatic rings. The summed E-state index contributed by atoms with van der Waals surface area (Å²) < 4.78 is 5.45. The monoisotopic (exact) mass is 320 g/mol. The van der Waals surface area contributed by atoms with Gasteiger partial charge in [-0.15, -0.1) is 0 Å². The Hall–Kier alpha value is -2.55. The molecule has 1 aromatic heterocycles. The summed E-state index contributed by atoms with van der Waals surface area (Å²) in [6, 6.07) is 17.0. The van der Waals surface area contributed by atoms with Crippen molar-refractivity contribution in [3.05, 3.63) is 65.4 Å². The lowest BCUT2D eigenvalue weighted by Crippen LogP contribution is -1.98. The van der Waals surface area contributed by atoms with E-state index >= 15 is 0 Å². The van der Waals surface area contributed by atoms with Gasteiger partial charge in [-0.2, -0.15) is 0 Å². The summed E-state index contributed by atoms with van der Waals surface area (Å²) in [7, 11) is 0. The molecule has 0 amide bonds. The van der Waals surface area contributed by atoms with Crippen LogP contribution in [-0.4, -0.2) is 5.16 Å². The average molecular weight is 320 g/mol. The third-order valence-electron chi connectivity index (χ3n) is 4.22. The lowest BCUT2D eigenvalue weighted by molar-refractivity contribution is 0.429. The zero-order valence-corrected chi connectivity index (χ0v) is 14.8. The van der Waals surface area contributed by atoms with E-state index in [1.807, 2.05) is 19.9 Å². The molecule has 1 heterocycles. The van der Waals surface area contributed by atoms with Crippen LogP contribution in [0.4, 0.5) is 11.6 Å². The average Bonchev–Trinajstić information content (AvgIpc) is 2.87. The molecule has 3 rings (SSSR count). The highest BCUT2D eigenvalue weighted by Gasteiger charge is 2.13. The minimum absolute atomic E-state index is 0.620. The first-order chi connectivity index (χ1) is 11.5. The van der Waals surface area contributed by atoms with Crippen molar-refractivity contribution in [3.8, 4) is 11.1 Å². The number of hydrogen-bond acceptors (Lipinski definition) is 3. The fourth-order valence-electron chi connectivity index (χ4n) is 2.82. The molecular formula is C21H24N2O. The van der Waals surface area contributed by atoms with E-state index in [0.717, 1.165) is 28.9 Å². The Balaban J connectivity index is 2.03. The van der Waals surface area contributed by atoms with Crippen LogP contribution in [-0.2, 0) is 6.42 Å². The van der Waals surface area contributed by atoms with Crippen molar-refractivity contribution >= 4 is 11.6 Å². The molecule has 0 bridgehead atoms. The molecule has 124 valence electrons. The first-order valence-corrected chi connectivity index (χ1v) is 8.43. The third-order valence-corrected chi connectivity index (χ3v) is 4.22. The highest BCUT2D eigenvalue weighted by atomic mass is 16.5. The number of rotatable bonds is 5. The quantitative estimate of drug-likeness (QED) is 0.636. The molecule has 24 heavy (non-hydrogen) atoms. The first-order valence-electron chi connectivity index (χ1n) is 8.43. The minimum atomic E-state index is 0.620. The molecule has 2 aromatic carbocycles. The van der Waals surface area contributed by atoms with Crippen LogP contribution in [0.15, 0.2) is 53.1 Å².